The van der Waals surface area contributed by atoms with Crippen molar-refractivity contribution < 1.29 is 0 Å². The summed E-state index contributed by atoms with van der Waals surface area (Å²) in [6.45, 7) is 0. The molecule has 0 aliphatic heterocycles. The number of hydrogen-bond acceptors (Lipinski definition) is 6. The third-order valence-corrected chi connectivity index (χ3v) is 2.86. The smallest absolute Gasteiger partial charge is 0.183 e. The van der Waals surface area contributed by atoms with Crippen molar-refractivity contribution in [3.05, 3.63) is 47.9 Å². The predicted molar refractivity (Wildman–Crippen MR) is 67.0 cm³/mol. The average Bonchev–Trinajstić information content (AvgIpc) is 3.11. The van der Waals surface area contributed by atoms with Crippen molar-refractivity contribution in [3.8, 4) is 0 Å². The molecule has 8 heteroatoms. The lowest BCUT2D eigenvalue weighted by atomic mass is 9.97. The molecule has 3 aromatic heterocycles. The van der Waals surface area contributed by atoms with Crippen LogP contribution in [0.2, 0.25) is 0 Å². The van der Waals surface area contributed by atoms with Gasteiger partial charge in [0, 0.05) is 18.1 Å². The first-order chi connectivity index (χ1) is 9.33. The van der Waals surface area contributed by atoms with Crippen LogP contribution in [0.3, 0.4) is 0 Å². The van der Waals surface area contributed by atoms with Crippen LogP contribution >= 0.6 is 0 Å². The van der Waals surface area contributed by atoms with Gasteiger partial charge in [0.05, 0.1) is 12.2 Å². The largest absolute Gasteiger partial charge is 0.384 e. The normalized spacial score (nSPS) is 12.4. The molecule has 8 nitrogen and oxygen atoms in total. The second-order valence-electron chi connectivity index (χ2n) is 4.12. The van der Waals surface area contributed by atoms with Gasteiger partial charge in [-0.2, -0.15) is 5.21 Å². The van der Waals surface area contributed by atoms with E-state index in [-0.39, 0.29) is 5.92 Å². The number of nitrogens with one attached hydrogen (secondary N) is 2. The van der Waals surface area contributed by atoms with Crippen molar-refractivity contribution in [2.24, 2.45) is 0 Å². The molecular weight excluding hydrogens is 244 g/mol. The van der Waals surface area contributed by atoms with Crippen LogP contribution in [0.5, 0.6) is 0 Å². The summed E-state index contributed by atoms with van der Waals surface area (Å²) >= 11 is 0. The van der Waals surface area contributed by atoms with Crippen molar-refractivity contribution in [1.29, 1.82) is 0 Å². The first-order valence-corrected chi connectivity index (χ1v) is 5.75. The third-order valence-electron chi connectivity index (χ3n) is 2.86. The van der Waals surface area contributed by atoms with Gasteiger partial charge in [0.2, 0.25) is 0 Å². The van der Waals surface area contributed by atoms with E-state index in [2.05, 4.69) is 35.6 Å². The highest BCUT2D eigenvalue weighted by atomic mass is 15.5. The Hall–Kier alpha value is -2.77. The molecule has 96 valence electrons. The van der Waals surface area contributed by atoms with Gasteiger partial charge in [0.15, 0.2) is 5.82 Å². The number of pyridine rings is 1. The molecule has 0 amide bonds. The Morgan fingerprint density at radius 1 is 1.26 bits per heavy atom. The summed E-state index contributed by atoms with van der Waals surface area (Å²) in [4.78, 5) is 11.2. The Balaban J connectivity index is 1.90. The maximum Gasteiger partial charge on any atom is 0.183 e. The molecule has 3 heterocycles. The van der Waals surface area contributed by atoms with Gasteiger partial charge in [-0.3, -0.25) is 0 Å². The van der Waals surface area contributed by atoms with Crippen molar-refractivity contribution >= 4 is 5.82 Å². The second-order valence-corrected chi connectivity index (χ2v) is 4.12. The molecule has 1 atom stereocenters. The number of H-pyrrole nitrogens is 2. The van der Waals surface area contributed by atoms with Crippen molar-refractivity contribution in [2.75, 3.05) is 5.73 Å². The lowest BCUT2D eigenvalue weighted by Crippen LogP contribution is -2.08. The fourth-order valence-electron chi connectivity index (χ4n) is 1.91. The van der Waals surface area contributed by atoms with Crippen LogP contribution in [0.1, 0.15) is 23.0 Å². The molecule has 0 aliphatic carbocycles. The molecule has 3 aromatic rings. The van der Waals surface area contributed by atoms with Crippen LogP contribution in [0, 0.1) is 0 Å². The summed E-state index contributed by atoms with van der Waals surface area (Å²) in [5.74, 6) is 1.06. The Morgan fingerprint density at radius 2 is 2.21 bits per heavy atom. The van der Waals surface area contributed by atoms with Crippen LogP contribution in [0.25, 0.3) is 0 Å². The number of aromatic amines is 2. The monoisotopic (exact) mass is 256 g/mol. The van der Waals surface area contributed by atoms with Crippen LogP contribution in [0.15, 0.2) is 30.9 Å². The van der Waals surface area contributed by atoms with Crippen LogP contribution in [-0.2, 0) is 6.42 Å². The number of nitrogens with zero attached hydrogens (tertiary/aromatic N) is 5. The van der Waals surface area contributed by atoms with Gasteiger partial charge >= 0.3 is 0 Å². The summed E-state index contributed by atoms with van der Waals surface area (Å²) in [5.41, 5.74) is 7.55. The predicted octanol–water partition coefficient (Wildman–Crippen LogP) is 0.275. The zero-order valence-corrected chi connectivity index (χ0v) is 9.98. The zero-order chi connectivity index (χ0) is 13.1. The lowest BCUT2D eigenvalue weighted by Gasteiger charge is -2.11. The topological polar surface area (TPSA) is 122 Å². The Morgan fingerprint density at radius 3 is 2.84 bits per heavy atom. The minimum Gasteiger partial charge on any atom is -0.384 e. The van der Waals surface area contributed by atoms with E-state index in [4.69, 9.17) is 5.73 Å². The van der Waals surface area contributed by atoms with Gasteiger partial charge in [-0.15, -0.1) is 10.2 Å². The van der Waals surface area contributed by atoms with E-state index in [0.29, 0.717) is 18.1 Å². The van der Waals surface area contributed by atoms with E-state index in [0.717, 1.165) is 11.3 Å². The quantitative estimate of drug-likeness (QED) is 0.616. The number of anilines is 1. The van der Waals surface area contributed by atoms with Crippen molar-refractivity contribution in [3.63, 3.8) is 0 Å². The molecule has 0 aliphatic rings. The van der Waals surface area contributed by atoms with Gasteiger partial charge in [-0.25, -0.2) is 9.97 Å². The van der Waals surface area contributed by atoms with Crippen molar-refractivity contribution in [1.82, 2.24) is 35.6 Å². The molecule has 0 spiro atoms. The molecule has 0 bridgehead atoms. The molecule has 3 rings (SSSR count). The highest BCUT2D eigenvalue weighted by Crippen LogP contribution is 2.23. The van der Waals surface area contributed by atoms with Crippen LogP contribution in [-0.4, -0.2) is 35.6 Å². The minimum absolute atomic E-state index is 0.0494. The number of hydrogen-bond donors (Lipinski definition) is 3. The number of aromatic nitrogens is 7. The number of rotatable bonds is 4. The zero-order valence-electron chi connectivity index (χ0n) is 9.98. The molecule has 0 saturated heterocycles. The number of nitrogen functional groups attached to an aromatic ring is 1. The van der Waals surface area contributed by atoms with E-state index in [1.165, 1.54) is 0 Å². The summed E-state index contributed by atoms with van der Waals surface area (Å²) in [6, 6.07) is 3.71. The van der Waals surface area contributed by atoms with Crippen molar-refractivity contribution in [2.45, 2.75) is 12.3 Å². The Kier molecular flexibility index (Phi) is 2.89. The average molecular weight is 256 g/mol. The van der Waals surface area contributed by atoms with Gasteiger partial charge in [-0.05, 0) is 18.1 Å². The molecule has 0 radical (unpaired) electrons. The van der Waals surface area contributed by atoms with Gasteiger partial charge in [-0.1, -0.05) is 11.3 Å². The van der Waals surface area contributed by atoms with E-state index in [9.17, 15) is 0 Å². The Bertz CT molecular complexity index is 579. The van der Waals surface area contributed by atoms with E-state index in [1.54, 1.807) is 24.8 Å². The van der Waals surface area contributed by atoms with Gasteiger partial charge < -0.3 is 10.7 Å². The number of nitrogens with two attached hydrogens (primary N) is 1. The molecule has 19 heavy (non-hydrogen) atoms. The van der Waals surface area contributed by atoms with E-state index < -0.39 is 0 Å². The SMILES string of the molecule is Nc1ccc(CC(c2nn[nH]n2)c2cnc[nH]2)cn1. The van der Waals surface area contributed by atoms with Gasteiger partial charge in [0.1, 0.15) is 5.82 Å². The van der Waals surface area contributed by atoms with E-state index >= 15 is 0 Å². The third kappa shape index (κ3) is 2.41. The molecular formula is C11H12N8. The Labute approximate surface area is 108 Å². The summed E-state index contributed by atoms with van der Waals surface area (Å²) in [5, 5.41) is 14.2. The number of tetrazole rings is 1. The van der Waals surface area contributed by atoms with Crippen LogP contribution < -0.4 is 5.73 Å². The fourth-order valence-corrected chi connectivity index (χ4v) is 1.91. The molecule has 1 unspecified atom stereocenters. The maximum atomic E-state index is 5.58. The highest BCUT2D eigenvalue weighted by molar-refractivity contribution is 5.31. The first-order valence-electron chi connectivity index (χ1n) is 5.75. The number of imidazole rings is 1. The molecule has 0 saturated carbocycles. The summed E-state index contributed by atoms with van der Waals surface area (Å²) in [6.07, 6.45) is 5.82. The second kappa shape index (κ2) is 4.84. The highest BCUT2D eigenvalue weighted by Gasteiger charge is 2.20. The maximum absolute atomic E-state index is 5.58. The molecule has 4 N–H and O–H groups in total. The summed E-state index contributed by atoms with van der Waals surface area (Å²) in [7, 11) is 0. The first kappa shape index (κ1) is 11.3. The standard InChI is InChI=1S/C11H12N8/c12-10-2-1-7(4-14-10)3-8(9-5-13-6-15-9)11-16-18-19-17-11/h1-2,4-6,8H,3H2,(H2,12,14)(H,13,15)(H,16,17,18,19). The fraction of sp³-hybridized carbons (Fsp3) is 0.182. The summed E-state index contributed by atoms with van der Waals surface area (Å²) < 4.78 is 0. The minimum atomic E-state index is -0.0494. The molecule has 0 aromatic carbocycles. The van der Waals surface area contributed by atoms with Crippen LogP contribution in [0.4, 0.5) is 5.82 Å². The molecule has 0 fully saturated rings. The van der Waals surface area contributed by atoms with Gasteiger partial charge in [0.25, 0.3) is 0 Å². The van der Waals surface area contributed by atoms with E-state index in [1.807, 2.05) is 6.07 Å². The lowest BCUT2D eigenvalue weighted by molar-refractivity contribution is 0.719.